The van der Waals surface area contributed by atoms with E-state index in [1.165, 1.54) is 18.5 Å². The van der Waals surface area contributed by atoms with Gasteiger partial charge in [0, 0.05) is 19.1 Å². The van der Waals surface area contributed by atoms with Crippen LogP contribution in [0.4, 0.5) is 15.9 Å². The van der Waals surface area contributed by atoms with Crippen molar-refractivity contribution in [3.63, 3.8) is 0 Å². The molecule has 14 heteroatoms. The Bertz CT molecular complexity index is 1510. The number of piperidine rings is 1. The summed E-state index contributed by atoms with van der Waals surface area (Å²) >= 11 is 0. The van der Waals surface area contributed by atoms with Gasteiger partial charge in [-0.05, 0) is 50.7 Å². The Balaban J connectivity index is 1.22. The minimum Gasteiger partial charge on any atom is -0.335 e. The molecule has 0 amide bonds. The molecule has 0 atom stereocenters. The van der Waals surface area contributed by atoms with Crippen molar-refractivity contribution in [2.45, 2.75) is 60.1 Å². The van der Waals surface area contributed by atoms with Crippen molar-refractivity contribution in [1.29, 1.82) is 0 Å². The molecular weight excluding hydrogens is 497 g/mol. The summed E-state index contributed by atoms with van der Waals surface area (Å²) in [6.07, 6.45) is 6.89. The average Bonchev–Trinajstić information content (AvgIpc) is 3.76. The maximum absolute atomic E-state index is 14.7. The zero-order valence-electron chi connectivity index (χ0n) is 18.7. The number of imidazole rings is 1. The molecule has 11 nitrogen and oxygen atoms in total. The molecule has 0 bridgehead atoms. The van der Waals surface area contributed by atoms with Crippen molar-refractivity contribution in [2.75, 3.05) is 18.4 Å². The lowest BCUT2D eigenvalue weighted by Crippen LogP contribution is -2.40. The second-order valence-electron chi connectivity index (χ2n) is 9.28. The van der Waals surface area contributed by atoms with Crippen LogP contribution in [-0.2, 0) is 19.9 Å². The van der Waals surface area contributed by atoms with Crippen LogP contribution in [0.25, 0.3) is 11.2 Å². The van der Waals surface area contributed by atoms with Crippen LogP contribution >= 0.6 is 0 Å². The second kappa shape index (κ2) is 8.17. The number of anilines is 2. The van der Waals surface area contributed by atoms with Crippen LogP contribution in [0.2, 0.25) is 0 Å². The first-order valence-corrected chi connectivity index (χ1v) is 14.6. The summed E-state index contributed by atoms with van der Waals surface area (Å²) in [6.45, 7) is 0.902. The van der Waals surface area contributed by atoms with Gasteiger partial charge in [0.1, 0.15) is 6.33 Å². The standard InChI is InChI=1S/C21H24FN7O4S2/c22-19-16(5-6-17(27-19)34(30,31)14-1-2-14)26-20-18-21(24-11-23-20)29(12-25-18)13-7-9-28(10-8-13)35(32,33)15-3-4-15/h5-6,11-15H,1-4,7-10H2,(H,23,24,26). The predicted octanol–water partition coefficient (Wildman–Crippen LogP) is 2.17. The van der Waals surface area contributed by atoms with Crippen LogP contribution in [0, 0.1) is 5.95 Å². The van der Waals surface area contributed by atoms with E-state index < -0.39 is 31.1 Å². The summed E-state index contributed by atoms with van der Waals surface area (Å²) in [5.41, 5.74) is 0.954. The number of sulfone groups is 1. The van der Waals surface area contributed by atoms with Crippen molar-refractivity contribution >= 4 is 42.5 Å². The molecule has 3 aliphatic rings. The molecule has 6 rings (SSSR count). The third-order valence-corrected chi connectivity index (χ3v) is 11.4. The molecule has 4 heterocycles. The number of pyridine rings is 1. The molecule has 1 N–H and O–H groups in total. The highest BCUT2D eigenvalue weighted by molar-refractivity contribution is 7.92. The summed E-state index contributed by atoms with van der Waals surface area (Å²) in [6, 6.07) is 2.65. The Morgan fingerprint density at radius 3 is 2.29 bits per heavy atom. The molecule has 3 aromatic heterocycles. The van der Waals surface area contributed by atoms with E-state index in [0.29, 0.717) is 49.9 Å². The van der Waals surface area contributed by atoms with E-state index in [1.54, 1.807) is 10.6 Å². The van der Waals surface area contributed by atoms with Crippen LogP contribution < -0.4 is 5.32 Å². The van der Waals surface area contributed by atoms with Gasteiger partial charge in [0.2, 0.25) is 16.0 Å². The first-order chi connectivity index (χ1) is 16.7. The van der Waals surface area contributed by atoms with Gasteiger partial charge in [0.15, 0.2) is 31.8 Å². The summed E-state index contributed by atoms with van der Waals surface area (Å²) in [4.78, 5) is 16.6. The highest BCUT2D eigenvalue weighted by Crippen LogP contribution is 2.36. The average molecular weight is 522 g/mol. The zero-order valence-corrected chi connectivity index (χ0v) is 20.3. The molecule has 1 aliphatic heterocycles. The maximum Gasteiger partial charge on any atom is 0.237 e. The third-order valence-electron chi connectivity index (χ3n) is 6.81. The van der Waals surface area contributed by atoms with E-state index in [1.807, 2.05) is 4.57 Å². The lowest BCUT2D eigenvalue weighted by molar-refractivity contribution is 0.276. The lowest BCUT2D eigenvalue weighted by atomic mass is 10.1. The van der Waals surface area contributed by atoms with E-state index in [-0.39, 0.29) is 27.8 Å². The summed E-state index contributed by atoms with van der Waals surface area (Å²) < 4.78 is 67.9. The van der Waals surface area contributed by atoms with Crippen molar-refractivity contribution in [3.05, 3.63) is 30.7 Å². The van der Waals surface area contributed by atoms with Crippen LogP contribution in [0.3, 0.4) is 0 Å². The molecule has 0 spiro atoms. The lowest BCUT2D eigenvalue weighted by Gasteiger charge is -2.31. The predicted molar refractivity (Wildman–Crippen MR) is 125 cm³/mol. The van der Waals surface area contributed by atoms with Gasteiger partial charge < -0.3 is 9.88 Å². The van der Waals surface area contributed by atoms with E-state index in [9.17, 15) is 21.2 Å². The fourth-order valence-corrected chi connectivity index (χ4v) is 7.94. The number of hydrogen-bond donors (Lipinski definition) is 1. The second-order valence-corrected chi connectivity index (χ2v) is 13.7. The largest absolute Gasteiger partial charge is 0.335 e. The van der Waals surface area contributed by atoms with Crippen LogP contribution in [-0.4, -0.2) is 69.2 Å². The molecule has 2 aliphatic carbocycles. The molecule has 0 aromatic carbocycles. The fraction of sp³-hybridized carbons (Fsp3) is 0.524. The monoisotopic (exact) mass is 521 g/mol. The fourth-order valence-electron chi connectivity index (χ4n) is 4.51. The van der Waals surface area contributed by atoms with E-state index >= 15 is 0 Å². The van der Waals surface area contributed by atoms with Crippen molar-refractivity contribution < 1.29 is 21.2 Å². The number of nitrogens with one attached hydrogen (secondary N) is 1. The zero-order chi connectivity index (χ0) is 24.4. The number of sulfonamides is 1. The molecule has 3 fully saturated rings. The first-order valence-electron chi connectivity index (χ1n) is 11.6. The summed E-state index contributed by atoms with van der Waals surface area (Å²) in [7, 11) is -6.79. The molecule has 0 radical (unpaired) electrons. The molecule has 3 aromatic rings. The van der Waals surface area contributed by atoms with Gasteiger partial charge in [-0.25, -0.2) is 41.1 Å². The maximum atomic E-state index is 14.7. The Morgan fingerprint density at radius 2 is 1.63 bits per heavy atom. The van der Waals surface area contributed by atoms with Gasteiger partial charge >= 0.3 is 0 Å². The number of aromatic nitrogens is 5. The Hall–Kier alpha value is -2.71. The molecule has 35 heavy (non-hydrogen) atoms. The van der Waals surface area contributed by atoms with Gasteiger partial charge in [0.25, 0.3) is 0 Å². The molecule has 2 saturated carbocycles. The van der Waals surface area contributed by atoms with Gasteiger partial charge in [-0.15, -0.1) is 0 Å². The molecule has 1 saturated heterocycles. The molecule has 0 unspecified atom stereocenters. The number of fused-ring (bicyclic) bond motifs is 1. The third kappa shape index (κ3) is 4.06. The summed E-state index contributed by atoms with van der Waals surface area (Å²) in [5.74, 6) is -0.678. The Kier molecular flexibility index (Phi) is 5.30. The quantitative estimate of drug-likeness (QED) is 0.463. The molecular formula is C21H24FN7O4S2. The summed E-state index contributed by atoms with van der Waals surface area (Å²) in [5, 5.41) is 1.90. The first kappa shape index (κ1) is 22.7. The van der Waals surface area contributed by atoms with Gasteiger partial charge in [-0.1, -0.05) is 0 Å². The Morgan fingerprint density at radius 1 is 0.914 bits per heavy atom. The van der Waals surface area contributed by atoms with Gasteiger partial charge in [0.05, 0.1) is 22.5 Å². The van der Waals surface area contributed by atoms with Crippen molar-refractivity contribution in [1.82, 2.24) is 28.8 Å². The SMILES string of the molecule is O=S(=O)(c1ccc(Nc2ncnc3c2ncn3C2CCN(S(=O)(=O)C3CC3)CC2)c(F)n1)C1CC1. The molecule has 186 valence electrons. The topological polar surface area (TPSA) is 140 Å². The number of hydrogen-bond acceptors (Lipinski definition) is 9. The van der Waals surface area contributed by atoms with E-state index in [4.69, 9.17) is 0 Å². The van der Waals surface area contributed by atoms with Crippen LogP contribution in [0.5, 0.6) is 0 Å². The smallest absolute Gasteiger partial charge is 0.237 e. The van der Waals surface area contributed by atoms with E-state index in [0.717, 1.165) is 12.8 Å². The van der Waals surface area contributed by atoms with Gasteiger partial charge in [-0.2, -0.15) is 4.39 Å². The van der Waals surface area contributed by atoms with Gasteiger partial charge in [-0.3, -0.25) is 0 Å². The minimum atomic E-state index is -3.60. The highest BCUT2D eigenvalue weighted by Gasteiger charge is 2.41. The Labute approximate surface area is 201 Å². The van der Waals surface area contributed by atoms with Crippen LogP contribution in [0.1, 0.15) is 44.6 Å². The normalized spacial score (nSPS) is 20.4. The van der Waals surface area contributed by atoms with Crippen molar-refractivity contribution in [3.8, 4) is 0 Å². The minimum absolute atomic E-state index is 0.0205. The van der Waals surface area contributed by atoms with Crippen molar-refractivity contribution in [2.24, 2.45) is 0 Å². The highest BCUT2D eigenvalue weighted by atomic mass is 32.2. The van der Waals surface area contributed by atoms with Crippen LogP contribution in [0.15, 0.2) is 29.8 Å². The van der Waals surface area contributed by atoms with E-state index in [2.05, 4.69) is 25.3 Å². The number of nitrogens with zero attached hydrogens (tertiary/aromatic N) is 6. The number of halogens is 1. The number of rotatable bonds is 7.